The summed E-state index contributed by atoms with van der Waals surface area (Å²) < 4.78 is 30.1. The first-order chi connectivity index (χ1) is 13.6. The van der Waals surface area contributed by atoms with Crippen LogP contribution in [0, 0.1) is 0 Å². The van der Waals surface area contributed by atoms with Gasteiger partial charge >= 0.3 is 0 Å². The molecule has 0 fully saturated rings. The van der Waals surface area contributed by atoms with E-state index >= 15 is 0 Å². The molecule has 8 nitrogen and oxygen atoms in total. The Labute approximate surface area is 170 Å². The molecule has 2 N–H and O–H groups in total. The minimum absolute atomic E-state index is 0.171. The Hall–Kier alpha value is -3.07. The van der Waals surface area contributed by atoms with Gasteiger partial charge in [-0.25, -0.2) is 8.42 Å². The molecule has 2 amide bonds. The van der Waals surface area contributed by atoms with Gasteiger partial charge in [-0.05, 0) is 55.0 Å². The largest absolute Gasteiger partial charge is 0.481 e. The van der Waals surface area contributed by atoms with Crippen LogP contribution in [0.3, 0.4) is 0 Å². The first-order valence-corrected chi connectivity index (χ1v) is 10.8. The van der Waals surface area contributed by atoms with Crippen LogP contribution in [0.25, 0.3) is 0 Å². The molecule has 0 unspecified atom stereocenters. The lowest BCUT2D eigenvalue weighted by Crippen LogP contribution is -2.32. The van der Waals surface area contributed by atoms with Crippen molar-refractivity contribution >= 4 is 38.9 Å². The summed E-state index contributed by atoms with van der Waals surface area (Å²) in [5, 5.41) is 5.44. The van der Waals surface area contributed by atoms with E-state index in [0.717, 1.165) is 10.6 Å². The summed E-state index contributed by atoms with van der Waals surface area (Å²) in [5.41, 5.74) is 1.71. The number of rotatable bonds is 8. The maximum absolute atomic E-state index is 12.5. The van der Waals surface area contributed by atoms with E-state index in [4.69, 9.17) is 4.74 Å². The van der Waals surface area contributed by atoms with Crippen molar-refractivity contribution in [3.05, 3.63) is 48.5 Å². The van der Waals surface area contributed by atoms with E-state index in [1.54, 1.807) is 48.5 Å². The number of hydrogen-bond acceptors (Lipinski definition) is 5. The van der Waals surface area contributed by atoms with Gasteiger partial charge < -0.3 is 15.4 Å². The van der Waals surface area contributed by atoms with Crippen molar-refractivity contribution in [2.24, 2.45) is 0 Å². The molecule has 0 saturated heterocycles. The van der Waals surface area contributed by atoms with Crippen LogP contribution >= 0.6 is 0 Å². The van der Waals surface area contributed by atoms with Gasteiger partial charge in [0, 0.05) is 25.3 Å². The van der Waals surface area contributed by atoms with Crippen molar-refractivity contribution in [3.8, 4) is 5.75 Å². The van der Waals surface area contributed by atoms with E-state index < -0.39 is 16.1 Å². The fourth-order valence-electron chi connectivity index (χ4n) is 2.48. The van der Waals surface area contributed by atoms with Crippen LogP contribution in [0.1, 0.15) is 20.3 Å². The van der Waals surface area contributed by atoms with Crippen molar-refractivity contribution in [2.75, 3.05) is 28.2 Å². The highest BCUT2D eigenvalue weighted by Crippen LogP contribution is 2.22. The number of hydrogen-bond donors (Lipinski definition) is 2. The van der Waals surface area contributed by atoms with E-state index in [1.807, 2.05) is 6.92 Å². The predicted molar refractivity (Wildman–Crippen MR) is 114 cm³/mol. The Balaban J connectivity index is 2.01. The minimum atomic E-state index is -3.35. The van der Waals surface area contributed by atoms with Crippen molar-refractivity contribution < 1.29 is 22.7 Å². The molecule has 2 aromatic rings. The number of benzene rings is 2. The van der Waals surface area contributed by atoms with Crippen molar-refractivity contribution in [2.45, 2.75) is 26.4 Å². The molecule has 0 aliphatic rings. The van der Waals surface area contributed by atoms with E-state index in [-0.39, 0.29) is 11.8 Å². The Morgan fingerprint density at radius 2 is 1.52 bits per heavy atom. The van der Waals surface area contributed by atoms with Gasteiger partial charge in [0.15, 0.2) is 6.10 Å². The summed E-state index contributed by atoms with van der Waals surface area (Å²) >= 11 is 0. The number of carbonyl (C=O) groups is 2. The summed E-state index contributed by atoms with van der Waals surface area (Å²) in [4.78, 5) is 23.6. The summed E-state index contributed by atoms with van der Waals surface area (Å²) in [7, 11) is -1.89. The molecule has 0 saturated carbocycles. The number of carbonyl (C=O) groups excluding carboxylic acids is 2. The molecular formula is C20H25N3O5S. The molecule has 0 spiro atoms. The van der Waals surface area contributed by atoms with Crippen LogP contribution in [0.4, 0.5) is 17.1 Å². The van der Waals surface area contributed by atoms with Crippen molar-refractivity contribution in [1.82, 2.24) is 0 Å². The normalized spacial score (nSPS) is 12.0. The van der Waals surface area contributed by atoms with Crippen molar-refractivity contribution in [3.63, 3.8) is 0 Å². The summed E-state index contributed by atoms with van der Waals surface area (Å²) in [6.45, 7) is 3.25. The first-order valence-electron chi connectivity index (χ1n) is 8.99. The lowest BCUT2D eigenvalue weighted by Gasteiger charge is -2.19. The van der Waals surface area contributed by atoms with Gasteiger partial charge in [0.25, 0.3) is 5.91 Å². The molecule has 2 rings (SSSR count). The van der Waals surface area contributed by atoms with Crippen LogP contribution in [0.15, 0.2) is 48.5 Å². The second-order valence-electron chi connectivity index (χ2n) is 6.49. The Morgan fingerprint density at radius 3 is 1.97 bits per heavy atom. The quantitative estimate of drug-likeness (QED) is 0.685. The van der Waals surface area contributed by atoms with E-state index in [9.17, 15) is 18.0 Å². The Morgan fingerprint density at radius 1 is 1.00 bits per heavy atom. The second kappa shape index (κ2) is 9.42. The standard InChI is InChI=1S/C20H25N3O5S/c1-5-19(20(25)22-16-8-6-15(7-9-16)21-14(2)24)28-18-12-10-17(11-13-18)23(3)29(4,26)27/h6-13,19H,5H2,1-4H3,(H,21,24)(H,22,25)/t19-/m1/s1. The molecule has 0 aliphatic heterocycles. The third-order valence-corrected chi connectivity index (χ3v) is 5.32. The highest BCUT2D eigenvalue weighted by molar-refractivity contribution is 7.92. The number of ether oxygens (including phenoxy) is 1. The Kier molecular flexibility index (Phi) is 7.22. The lowest BCUT2D eigenvalue weighted by molar-refractivity contribution is -0.122. The minimum Gasteiger partial charge on any atom is -0.481 e. The third kappa shape index (κ3) is 6.49. The molecule has 2 aromatic carbocycles. The van der Waals surface area contributed by atoms with E-state index in [0.29, 0.717) is 29.2 Å². The zero-order valence-electron chi connectivity index (χ0n) is 16.8. The molecular weight excluding hydrogens is 394 g/mol. The topological polar surface area (TPSA) is 105 Å². The van der Waals surface area contributed by atoms with Crippen LogP contribution in [0.2, 0.25) is 0 Å². The third-order valence-electron chi connectivity index (χ3n) is 4.11. The maximum Gasteiger partial charge on any atom is 0.265 e. The van der Waals surface area contributed by atoms with Crippen LogP contribution < -0.4 is 19.7 Å². The fraction of sp³-hybridized carbons (Fsp3) is 0.300. The predicted octanol–water partition coefficient (Wildman–Crippen LogP) is 2.84. The highest BCUT2D eigenvalue weighted by atomic mass is 32.2. The van der Waals surface area contributed by atoms with Crippen LogP contribution in [-0.4, -0.2) is 39.6 Å². The van der Waals surface area contributed by atoms with Gasteiger partial charge in [-0.2, -0.15) is 0 Å². The fourth-order valence-corrected chi connectivity index (χ4v) is 2.98. The molecule has 0 aromatic heterocycles. The molecule has 29 heavy (non-hydrogen) atoms. The van der Waals surface area contributed by atoms with Gasteiger partial charge in [0.05, 0.1) is 11.9 Å². The average molecular weight is 420 g/mol. The van der Waals surface area contributed by atoms with Gasteiger partial charge in [0.2, 0.25) is 15.9 Å². The number of sulfonamides is 1. The molecule has 0 aliphatic carbocycles. The zero-order chi connectivity index (χ0) is 21.6. The SMILES string of the molecule is CC[C@@H](Oc1ccc(N(C)S(C)(=O)=O)cc1)C(=O)Nc1ccc(NC(C)=O)cc1. The van der Waals surface area contributed by atoms with Gasteiger partial charge in [-0.1, -0.05) is 6.92 Å². The Bertz CT molecular complexity index is 957. The number of nitrogens with one attached hydrogen (secondary N) is 2. The highest BCUT2D eigenvalue weighted by Gasteiger charge is 2.19. The second-order valence-corrected chi connectivity index (χ2v) is 8.50. The molecule has 9 heteroatoms. The average Bonchev–Trinajstić information content (AvgIpc) is 2.66. The number of amides is 2. The zero-order valence-corrected chi connectivity index (χ0v) is 17.6. The van der Waals surface area contributed by atoms with Gasteiger partial charge in [-0.15, -0.1) is 0 Å². The smallest absolute Gasteiger partial charge is 0.265 e. The first kappa shape index (κ1) is 22.2. The molecule has 0 radical (unpaired) electrons. The molecule has 0 bridgehead atoms. The number of anilines is 3. The molecule has 1 atom stereocenters. The maximum atomic E-state index is 12.5. The van der Waals surface area contributed by atoms with Crippen LogP contribution in [-0.2, 0) is 19.6 Å². The monoisotopic (exact) mass is 419 g/mol. The summed E-state index contributed by atoms with van der Waals surface area (Å²) in [6, 6.07) is 13.2. The van der Waals surface area contributed by atoms with E-state index in [1.165, 1.54) is 14.0 Å². The number of nitrogens with zero attached hydrogens (tertiary/aromatic N) is 1. The summed E-state index contributed by atoms with van der Waals surface area (Å²) in [5.74, 6) is -0.0225. The molecule has 0 heterocycles. The van der Waals surface area contributed by atoms with Crippen molar-refractivity contribution in [1.29, 1.82) is 0 Å². The van der Waals surface area contributed by atoms with Gasteiger partial charge in [-0.3, -0.25) is 13.9 Å². The summed E-state index contributed by atoms with van der Waals surface area (Å²) in [6.07, 6.45) is 0.849. The lowest BCUT2D eigenvalue weighted by atomic mass is 10.2. The van der Waals surface area contributed by atoms with Gasteiger partial charge in [0.1, 0.15) is 5.75 Å². The van der Waals surface area contributed by atoms with E-state index in [2.05, 4.69) is 10.6 Å². The molecule has 156 valence electrons. The van der Waals surface area contributed by atoms with Crippen LogP contribution in [0.5, 0.6) is 5.75 Å².